The molecule has 0 bridgehead atoms. The fraction of sp³-hybridized carbons (Fsp3) is 0.357. The number of rotatable bonds is 4. The molecule has 3 rings (SSSR count). The first-order valence-corrected chi connectivity index (χ1v) is 7.81. The van der Waals surface area contributed by atoms with Crippen molar-refractivity contribution >= 4 is 23.0 Å². The van der Waals surface area contributed by atoms with Crippen LogP contribution in [0.2, 0.25) is 0 Å². The summed E-state index contributed by atoms with van der Waals surface area (Å²) in [4.78, 5) is 21.9. The Morgan fingerprint density at radius 3 is 2.86 bits per heavy atom. The summed E-state index contributed by atoms with van der Waals surface area (Å²) in [6.45, 7) is 6.30. The molecule has 1 N–H and O–H groups in total. The van der Waals surface area contributed by atoms with Crippen LogP contribution < -0.4 is 5.32 Å². The number of hydrogen-bond donors (Lipinski definition) is 1. The molecule has 0 aliphatic heterocycles. The van der Waals surface area contributed by atoms with Crippen LogP contribution in [0.5, 0.6) is 0 Å². The first-order chi connectivity index (χ1) is 10.6. The Bertz CT molecular complexity index is 837. The van der Waals surface area contributed by atoms with Gasteiger partial charge in [-0.3, -0.25) is 9.20 Å². The van der Waals surface area contributed by atoms with E-state index >= 15 is 0 Å². The largest absolute Gasteiger partial charge is 0.349 e. The molecule has 0 saturated carbocycles. The van der Waals surface area contributed by atoms with Crippen LogP contribution in [0.3, 0.4) is 0 Å². The number of carbonyl (C=O) groups excluding carboxylic acids is 1. The number of nitrogens with one attached hydrogen (secondary N) is 1. The van der Waals surface area contributed by atoms with Gasteiger partial charge in [-0.05, 0) is 26.8 Å². The molecule has 0 saturated heterocycles. The van der Waals surface area contributed by atoms with E-state index in [-0.39, 0.29) is 11.7 Å². The van der Waals surface area contributed by atoms with Gasteiger partial charge in [-0.1, -0.05) is 0 Å². The Kier molecular flexibility index (Phi) is 3.84. The maximum absolute atomic E-state index is 12.3. The Balaban J connectivity index is 1.74. The second-order valence-electron chi connectivity index (χ2n) is 5.06. The second-order valence-corrected chi connectivity index (χ2v) is 6.00. The highest BCUT2D eigenvalue weighted by Gasteiger charge is 2.16. The van der Waals surface area contributed by atoms with Gasteiger partial charge in [0, 0.05) is 29.2 Å². The molecule has 1 amide bonds. The fourth-order valence-corrected chi connectivity index (χ4v) is 3.09. The maximum Gasteiger partial charge on any atom is 0.289 e. The Hall–Kier alpha value is -2.35. The lowest BCUT2D eigenvalue weighted by Gasteiger charge is -2.05. The Morgan fingerprint density at radius 2 is 2.14 bits per heavy atom. The molecule has 0 aliphatic carbocycles. The van der Waals surface area contributed by atoms with Gasteiger partial charge in [0.15, 0.2) is 0 Å². The van der Waals surface area contributed by atoms with Gasteiger partial charge < -0.3 is 5.32 Å². The third-order valence-corrected chi connectivity index (χ3v) is 4.37. The average molecular weight is 316 g/mol. The molecule has 3 aromatic rings. The van der Waals surface area contributed by atoms with E-state index in [9.17, 15) is 4.79 Å². The van der Waals surface area contributed by atoms with Crippen molar-refractivity contribution in [3.8, 4) is 0 Å². The van der Waals surface area contributed by atoms with Crippen molar-refractivity contribution in [2.45, 2.75) is 27.2 Å². The summed E-state index contributed by atoms with van der Waals surface area (Å²) in [5.74, 6) is 0.463. The minimum atomic E-state index is -0.247. The zero-order valence-electron chi connectivity index (χ0n) is 12.6. The second kappa shape index (κ2) is 5.80. The summed E-state index contributed by atoms with van der Waals surface area (Å²) in [6.07, 6.45) is 0.759. The van der Waals surface area contributed by atoms with Gasteiger partial charge in [-0.15, -0.1) is 21.5 Å². The number of amides is 1. The van der Waals surface area contributed by atoms with Gasteiger partial charge in [0.1, 0.15) is 0 Å². The van der Waals surface area contributed by atoms with Crippen LogP contribution in [0, 0.1) is 20.8 Å². The number of carbonyl (C=O) groups is 1. The van der Waals surface area contributed by atoms with Crippen molar-refractivity contribution in [2.75, 3.05) is 6.54 Å². The summed E-state index contributed by atoms with van der Waals surface area (Å²) >= 11 is 1.60. The topological polar surface area (TPSA) is 85.1 Å². The van der Waals surface area contributed by atoms with E-state index in [1.807, 2.05) is 32.3 Å². The van der Waals surface area contributed by atoms with Crippen LogP contribution in [0.25, 0.3) is 5.78 Å². The molecule has 0 atom stereocenters. The van der Waals surface area contributed by atoms with Gasteiger partial charge in [0.2, 0.25) is 5.82 Å². The molecule has 0 fully saturated rings. The normalized spacial score (nSPS) is 11.0. The zero-order valence-corrected chi connectivity index (χ0v) is 13.4. The Morgan fingerprint density at radius 1 is 1.32 bits per heavy atom. The van der Waals surface area contributed by atoms with Crippen molar-refractivity contribution in [3.63, 3.8) is 0 Å². The minimum Gasteiger partial charge on any atom is -0.349 e. The molecule has 0 aromatic carbocycles. The number of nitrogens with zero attached hydrogens (tertiary/aromatic N) is 5. The summed E-state index contributed by atoms with van der Waals surface area (Å²) in [7, 11) is 0. The van der Waals surface area contributed by atoms with E-state index in [0.29, 0.717) is 12.3 Å². The van der Waals surface area contributed by atoms with Crippen LogP contribution in [-0.4, -0.2) is 37.0 Å². The molecule has 22 heavy (non-hydrogen) atoms. The molecule has 3 aromatic heterocycles. The fourth-order valence-electron chi connectivity index (χ4n) is 2.31. The number of hydrogen-bond acceptors (Lipinski definition) is 6. The summed E-state index contributed by atoms with van der Waals surface area (Å²) < 4.78 is 1.67. The van der Waals surface area contributed by atoms with Gasteiger partial charge >= 0.3 is 0 Å². The monoisotopic (exact) mass is 316 g/mol. The Labute approximate surface area is 131 Å². The molecule has 7 nitrogen and oxygen atoms in total. The molecular weight excluding hydrogens is 300 g/mol. The van der Waals surface area contributed by atoms with E-state index in [2.05, 4.69) is 25.5 Å². The molecule has 0 unspecified atom stereocenters. The van der Waals surface area contributed by atoms with Gasteiger partial charge in [-0.25, -0.2) is 9.97 Å². The van der Waals surface area contributed by atoms with Gasteiger partial charge in [0.25, 0.3) is 11.7 Å². The van der Waals surface area contributed by atoms with Crippen LogP contribution in [-0.2, 0) is 6.42 Å². The number of thiazole rings is 1. The molecule has 114 valence electrons. The summed E-state index contributed by atoms with van der Waals surface area (Å²) in [5, 5.41) is 10.8. The summed E-state index contributed by atoms with van der Waals surface area (Å²) in [5.41, 5.74) is 4.57. The van der Waals surface area contributed by atoms with E-state index in [4.69, 9.17) is 0 Å². The number of fused-ring (bicyclic) bond motifs is 1. The van der Waals surface area contributed by atoms with Crippen LogP contribution >= 0.6 is 11.3 Å². The SMILES string of the molecule is Cc1cc(C)n2c(C(=O)NCCc3scnc3C)nnc2n1. The maximum atomic E-state index is 12.3. The molecular formula is C14H16N6OS. The van der Waals surface area contributed by atoms with E-state index in [1.165, 1.54) is 4.88 Å². The predicted molar refractivity (Wildman–Crippen MR) is 83.1 cm³/mol. The van der Waals surface area contributed by atoms with E-state index < -0.39 is 0 Å². The zero-order chi connectivity index (χ0) is 15.7. The third kappa shape index (κ3) is 2.69. The smallest absolute Gasteiger partial charge is 0.289 e. The van der Waals surface area contributed by atoms with E-state index in [0.717, 1.165) is 23.5 Å². The highest BCUT2D eigenvalue weighted by Crippen LogP contribution is 2.12. The van der Waals surface area contributed by atoms with Crippen molar-refractivity contribution in [1.29, 1.82) is 0 Å². The lowest BCUT2D eigenvalue weighted by atomic mass is 10.3. The molecule has 0 spiro atoms. The lowest BCUT2D eigenvalue weighted by Crippen LogP contribution is -2.28. The van der Waals surface area contributed by atoms with Crippen LogP contribution in [0.1, 0.15) is 32.6 Å². The van der Waals surface area contributed by atoms with Crippen molar-refractivity contribution in [2.24, 2.45) is 0 Å². The highest BCUT2D eigenvalue weighted by atomic mass is 32.1. The third-order valence-electron chi connectivity index (χ3n) is 3.38. The molecule has 0 radical (unpaired) electrons. The lowest BCUT2D eigenvalue weighted by molar-refractivity contribution is 0.0942. The summed E-state index contributed by atoms with van der Waals surface area (Å²) in [6, 6.07) is 1.90. The van der Waals surface area contributed by atoms with Crippen molar-refractivity contribution in [1.82, 2.24) is 29.9 Å². The van der Waals surface area contributed by atoms with Crippen molar-refractivity contribution < 1.29 is 4.79 Å². The molecule has 3 heterocycles. The average Bonchev–Trinajstić information content (AvgIpc) is 3.05. The van der Waals surface area contributed by atoms with Gasteiger partial charge in [0.05, 0.1) is 11.2 Å². The quantitative estimate of drug-likeness (QED) is 0.788. The first-order valence-electron chi connectivity index (χ1n) is 6.93. The van der Waals surface area contributed by atoms with E-state index in [1.54, 1.807) is 15.7 Å². The van der Waals surface area contributed by atoms with Gasteiger partial charge in [-0.2, -0.15) is 0 Å². The first kappa shape index (κ1) is 14.6. The number of aryl methyl sites for hydroxylation is 3. The minimum absolute atomic E-state index is 0.247. The molecule has 0 aliphatic rings. The highest BCUT2D eigenvalue weighted by molar-refractivity contribution is 7.09. The van der Waals surface area contributed by atoms with Crippen molar-refractivity contribution in [3.05, 3.63) is 39.4 Å². The van der Waals surface area contributed by atoms with Crippen LogP contribution in [0.4, 0.5) is 0 Å². The predicted octanol–water partition coefficient (Wildman–Crippen LogP) is 1.48. The molecule has 8 heteroatoms. The number of aromatic nitrogens is 5. The van der Waals surface area contributed by atoms with Crippen LogP contribution in [0.15, 0.2) is 11.6 Å². The standard InChI is InChI=1S/C14H16N6OS/c1-8-6-9(2)20-12(18-19-14(20)17-8)13(21)15-5-4-11-10(3)16-7-22-11/h6-7H,4-5H2,1-3H3,(H,15,21).